The maximum Gasteiger partial charge on any atom is 0.225 e. The second-order valence-corrected chi connectivity index (χ2v) is 7.62. The zero-order valence-electron chi connectivity index (χ0n) is 13.7. The lowest BCUT2D eigenvalue weighted by Gasteiger charge is -2.23. The van der Waals surface area contributed by atoms with Crippen LogP contribution in [0.4, 0.5) is 0 Å². The zero-order valence-corrected chi connectivity index (χ0v) is 15.3. The smallest absolute Gasteiger partial charge is 0.225 e. The summed E-state index contributed by atoms with van der Waals surface area (Å²) >= 11 is 5.04. The second kappa shape index (κ2) is 6.92. The molecule has 0 spiro atoms. The summed E-state index contributed by atoms with van der Waals surface area (Å²) < 4.78 is 19.9. The summed E-state index contributed by atoms with van der Waals surface area (Å²) in [5.41, 5.74) is 2.62. The standard InChI is InChI=1S/C17H17ClN4O2S/c1-25(23)12-7-3-2-6-11(12)14-15-16(21-17(18)20-14)22(10-19-15)13-8-4-5-9-24-13/h2-3,6-7,10,13H,4-5,8-9H2,1H3. The van der Waals surface area contributed by atoms with Crippen molar-refractivity contribution >= 4 is 33.9 Å². The van der Waals surface area contributed by atoms with Crippen LogP contribution in [0, 0.1) is 0 Å². The van der Waals surface area contributed by atoms with Gasteiger partial charge in [-0.2, -0.15) is 4.98 Å². The molecule has 0 N–H and O–H groups in total. The quantitative estimate of drug-likeness (QED) is 0.515. The van der Waals surface area contributed by atoms with Crippen molar-refractivity contribution in [3.8, 4) is 11.3 Å². The topological polar surface area (TPSA) is 75.9 Å². The van der Waals surface area contributed by atoms with Gasteiger partial charge in [0.1, 0.15) is 23.7 Å². The molecular formula is C17H17ClN4O2S. The molecule has 2 aromatic heterocycles. The zero-order chi connectivity index (χ0) is 17.4. The summed E-state index contributed by atoms with van der Waals surface area (Å²) in [5, 5.41) is 0.136. The Morgan fingerprint density at radius 2 is 2.12 bits per heavy atom. The molecule has 0 radical (unpaired) electrons. The van der Waals surface area contributed by atoms with Crippen molar-refractivity contribution in [1.29, 1.82) is 0 Å². The molecule has 0 bridgehead atoms. The molecule has 3 heterocycles. The fourth-order valence-electron chi connectivity index (χ4n) is 3.14. The van der Waals surface area contributed by atoms with Crippen molar-refractivity contribution in [2.24, 2.45) is 0 Å². The van der Waals surface area contributed by atoms with Crippen LogP contribution in [0.1, 0.15) is 25.5 Å². The van der Waals surface area contributed by atoms with Crippen LogP contribution < -0.4 is 0 Å². The van der Waals surface area contributed by atoms with Gasteiger partial charge in [0.05, 0.1) is 11.9 Å². The van der Waals surface area contributed by atoms with Gasteiger partial charge in [-0.05, 0) is 54.2 Å². The van der Waals surface area contributed by atoms with E-state index < -0.39 is 11.2 Å². The first kappa shape index (κ1) is 16.8. The van der Waals surface area contributed by atoms with E-state index in [9.17, 15) is 4.55 Å². The Labute approximate surface area is 153 Å². The fraction of sp³-hybridized carbons (Fsp3) is 0.353. The van der Waals surface area contributed by atoms with E-state index in [1.54, 1.807) is 12.6 Å². The molecule has 8 heteroatoms. The van der Waals surface area contributed by atoms with Crippen LogP contribution in [0.25, 0.3) is 22.4 Å². The molecule has 0 saturated carbocycles. The van der Waals surface area contributed by atoms with Gasteiger partial charge in [-0.3, -0.25) is 4.57 Å². The Morgan fingerprint density at radius 3 is 2.88 bits per heavy atom. The van der Waals surface area contributed by atoms with Gasteiger partial charge in [-0.15, -0.1) is 0 Å². The van der Waals surface area contributed by atoms with Gasteiger partial charge in [0.15, 0.2) is 10.5 Å². The summed E-state index contributed by atoms with van der Waals surface area (Å²) in [6.45, 7) is 0.730. The predicted octanol–water partition coefficient (Wildman–Crippen LogP) is 3.58. The number of ether oxygens (including phenoxy) is 1. The maximum atomic E-state index is 12.1. The SMILES string of the molecule is C[S+]([O-])c1ccccc1-c1nc(Cl)nc2c1ncn2C1CCCCO1. The van der Waals surface area contributed by atoms with Crippen molar-refractivity contribution in [3.63, 3.8) is 0 Å². The monoisotopic (exact) mass is 376 g/mol. The van der Waals surface area contributed by atoms with E-state index in [2.05, 4.69) is 15.0 Å². The van der Waals surface area contributed by atoms with Gasteiger partial charge in [-0.1, -0.05) is 12.1 Å². The number of rotatable bonds is 3. The van der Waals surface area contributed by atoms with Gasteiger partial charge in [-0.25, -0.2) is 9.97 Å². The van der Waals surface area contributed by atoms with Gasteiger partial charge in [0, 0.05) is 6.61 Å². The average Bonchev–Trinajstić information content (AvgIpc) is 3.05. The van der Waals surface area contributed by atoms with Crippen molar-refractivity contribution in [2.75, 3.05) is 12.9 Å². The molecule has 25 heavy (non-hydrogen) atoms. The highest BCUT2D eigenvalue weighted by Crippen LogP contribution is 2.33. The molecule has 1 aliphatic rings. The number of fused-ring (bicyclic) bond motifs is 1. The van der Waals surface area contributed by atoms with Gasteiger partial charge >= 0.3 is 0 Å². The molecule has 2 atom stereocenters. The van der Waals surface area contributed by atoms with Crippen LogP contribution in [-0.4, -0.2) is 36.9 Å². The van der Waals surface area contributed by atoms with Crippen LogP contribution in [0.3, 0.4) is 0 Å². The molecule has 1 aliphatic heterocycles. The van der Waals surface area contributed by atoms with E-state index in [1.165, 1.54) is 0 Å². The highest BCUT2D eigenvalue weighted by molar-refractivity contribution is 7.90. The summed E-state index contributed by atoms with van der Waals surface area (Å²) in [4.78, 5) is 14.0. The van der Waals surface area contributed by atoms with E-state index in [1.807, 2.05) is 28.8 Å². The van der Waals surface area contributed by atoms with Crippen LogP contribution in [-0.2, 0) is 15.9 Å². The number of hydrogen-bond donors (Lipinski definition) is 0. The van der Waals surface area contributed by atoms with E-state index in [0.29, 0.717) is 21.8 Å². The second-order valence-electron chi connectivity index (χ2n) is 5.94. The Morgan fingerprint density at radius 1 is 1.28 bits per heavy atom. The van der Waals surface area contributed by atoms with Gasteiger partial charge in [0.25, 0.3) is 0 Å². The molecule has 1 saturated heterocycles. The predicted molar refractivity (Wildman–Crippen MR) is 96.9 cm³/mol. The molecule has 0 amide bonds. The first-order valence-electron chi connectivity index (χ1n) is 8.09. The lowest BCUT2D eigenvalue weighted by Crippen LogP contribution is -2.17. The molecule has 0 aliphatic carbocycles. The summed E-state index contributed by atoms with van der Waals surface area (Å²) in [6, 6.07) is 7.45. The third-order valence-electron chi connectivity index (χ3n) is 4.31. The highest BCUT2D eigenvalue weighted by atomic mass is 35.5. The number of aromatic nitrogens is 4. The summed E-state index contributed by atoms with van der Waals surface area (Å²) in [7, 11) is 0. The number of imidazole rings is 1. The first-order valence-corrected chi connectivity index (χ1v) is 10.0. The molecule has 1 aromatic carbocycles. The highest BCUT2D eigenvalue weighted by Gasteiger charge is 2.23. The average molecular weight is 377 g/mol. The summed E-state index contributed by atoms with van der Waals surface area (Å²) in [5.74, 6) is 0. The maximum absolute atomic E-state index is 12.1. The Kier molecular flexibility index (Phi) is 4.64. The lowest BCUT2D eigenvalue weighted by molar-refractivity contribution is -0.0298. The van der Waals surface area contributed by atoms with Crippen molar-refractivity contribution in [2.45, 2.75) is 30.4 Å². The third-order valence-corrected chi connectivity index (χ3v) is 5.46. The molecule has 1 fully saturated rings. The number of nitrogens with zero attached hydrogens (tertiary/aromatic N) is 4. The minimum atomic E-state index is -1.15. The molecule has 2 unspecified atom stereocenters. The van der Waals surface area contributed by atoms with E-state index in [-0.39, 0.29) is 11.5 Å². The number of hydrogen-bond acceptors (Lipinski definition) is 5. The minimum Gasteiger partial charge on any atom is -0.612 e. The largest absolute Gasteiger partial charge is 0.612 e. The number of benzene rings is 1. The molecule has 6 nitrogen and oxygen atoms in total. The van der Waals surface area contributed by atoms with Crippen LogP contribution in [0.15, 0.2) is 35.5 Å². The van der Waals surface area contributed by atoms with Gasteiger partial charge in [0.2, 0.25) is 5.28 Å². The molecule has 4 rings (SSSR count). The first-order chi connectivity index (χ1) is 12.1. The van der Waals surface area contributed by atoms with Crippen LogP contribution in [0.5, 0.6) is 0 Å². The lowest BCUT2D eigenvalue weighted by atomic mass is 10.1. The molecule has 3 aromatic rings. The molecule has 130 valence electrons. The number of halogens is 1. The normalized spacial score (nSPS) is 19.2. The van der Waals surface area contributed by atoms with E-state index in [4.69, 9.17) is 16.3 Å². The Bertz CT molecular complexity index is 909. The third kappa shape index (κ3) is 3.13. The van der Waals surface area contributed by atoms with E-state index in [0.717, 1.165) is 31.4 Å². The Hall–Kier alpha value is -1.67. The summed E-state index contributed by atoms with van der Waals surface area (Å²) in [6.07, 6.45) is 6.37. The Balaban J connectivity index is 1.90. The van der Waals surface area contributed by atoms with Crippen LogP contribution in [0.2, 0.25) is 5.28 Å². The van der Waals surface area contributed by atoms with E-state index >= 15 is 0 Å². The minimum absolute atomic E-state index is 0.0897. The fourth-order valence-corrected chi connectivity index (χ4v) is 4.05. The van der Waals surface area contributed by atoms with Gasteiger partial charge < -0.3 is 9.29 Å². The van der Waals surface area contributed by atoms with Crippen molar-refractivity contribution in [3.05, 3.63) is 35.9 Å². The molecular weight excluding hydrogens is 360 g/mol. The van der Waals surface area contributed by atoms with Crippen molar-refractivity contribution < 1.29 is 9.29 Å². The van der Waals surface area contributed by atoms with Crippen LogP contribution >= 0.6 is 11.6 Å². The van der Waals surface area contributed by atoms with Crippen molar-refractivity contribution in [1.82, 2.24) is 19.5 Å².